The molecule has 0 aromatic carbocycles. The van der Waals surface area contributed by atoms with Crippen LogP contribution in [-0.4, -0.2) is 47.5 Å². The fraction of sp³-hybridized carbons (Fsp3) is 0.682. The Kier molecular flexibility index (Phi) is 8.61. The molecule has 2 amide bonds. The maximum absolute atomic E-state index is 13.1. The van der Waals surface area contributed by atoms with E-state index >= 15 is 0 Å². The first kappa shape index (κ1) is 24.1. The van der Waals surface area contributed by atoms with Crippen molar-refractivity contribution < 1.29 is 24.2 Å². The van der Waals surface area contributed by atoms with Gasteiger partial charge in [-0.3, -0.25) is 4.79 Å². The normalized spacial score (nSPS) is 21.4. The molecule has 8 heteroatoms. The molecule has 1 aliphatic carbocycles. The van der Waals surface area contributed by atoms with Crippen LogP contribution in [0.1, 0.15) is 65.0 Å². The van der Waals surface area contributed by atoms with Gasteiger partial charge in [-0.2, -0.15) is 0 Å². The summed E-state index contributed by atoms with van der Waals surface area (Å²) < 4.78 is 10.6. The Bertz CT molecular complexity index is 711. The highest BCUT2D eigenvalue weighted by Gasteiger charge is 2.35. The molecule has 3 N–H and O–H groups in total. The lowest BCUT2D eigenvalue weighted by atomic mass is 9.80. The van der Waals surface area contributed by atoms with E-state index in [0.717, 1.165) is 25.7 Å². The number of alkyl carbamates (subject to hydrolysis) is 1. The van der Waals surface area contributed by atoms with Crippen molar-refractivity contribution in [2.75, 3.05) is 19.0 Å². The molecule has 1 aliphatic rings. The minimum atomic E-state index is -0.908. The standard InChI is InChI=1S/C22H35N3O5/c1-14-6-8-15(9-7-14)19(30-21(28)25-22(2,3)4)20(27)24-18-12-16(10-11-23-18)17(26)13-29-5/h10-12,14-15,17,19,26H,6-9,13H2,1-5H3,(H,25,28)(H,23,24,27). The molecule has 0 radical (unpaired) electrons. The first-order chi connectivity index (χ1) is 14.1. The van der Waals surface area contributed by atoms with Crippen molar-refractivity contribution in [1.82, 2.24) is 10.3 Å². The second-order valence-corrected chi connectivity index (χ2v) is 9.16. The molecule has 1 heterocycles. The van der Waals surface area contributed by atoms with Crippen LogP contribution in [0.15, 0.2) is 18.3 Å². The van der Waals surface area contributed by atoms with Gasteiger partial charge in [0.2, 0.25) is 0 Å². The van der Waals surface area contributed by atoms with Gasteiger partial charge in [-0.15, -0.1) is 0 Å². The monoisotopic (exact) mass is 421 g/mol. The largest absolute Gasteiger partial charge is 0.436 e. The van der Waals surface area contributed by atoms with Gasteiger partial charge in [-0.1, -0.05) is 19.8 Å². The van der Waals surface area contributed by atoms with Gasteiger partial charge in [0.05, 0.1) is 6.61 Å². The number of anilines is 1. The fourth-order valence-electron chi connectivity index (χ4n) is 3.58. The molecule has 1 aromatic heterocycles. The third-order valence-corrected chi connectivity index (χ3v) is 5.20. The number of aliphatic hydroxyl groups is 1. The van der Waals surface area contributed by atoms with Gasteiger partial charge in [0.1, 0.15) is 11.9 Å². The molecule has 1 fully saturated rings. The highest BCUT2D eigenvalue weighted by Crippen LogP contribution is 2.32. The minimum Gasteiger partial charge on any atom is -0.436 e. The number of hydrogen-bond acceptors (Lipinski definition) is 6. The highest BCUT2D eigenvalue weighted by molar-refractivity contribution is 5.94. The van der Waals surface area contributed by atoms with E-state index in [1.54, 1.807) is 12.1 Å². The van der Waals surface area contributed by atoms with Crippen molar-refractivity contribution in [3.8, 4) is 0 Å². The molecule has 2 atom stereocenters. The van der Waals surface area contributed by atoms with Crippen LogP contribution in [0, 0.1) is 11.8 Å². The third-order valence-electron chi connectivity index (χ3n) is 5.20. The van der Waals surface area contributed by atoms with Gasteiger partial charge >= 0.3 is 6.09 Å². The van der Waals surface area contributed by atoms with Gasteiger partial charge in [0.25, 0.3) is 5.91 Å². The van der Waals surface area contributed by atoms with Gasteiger partial charge in [-0.05, 0) is 57.2 Å². The van der Waals surface area contributed by atoms with Crippen LogP contribution >= 0.6 is 0 Å². The first-order valence-electron chi connectivity index (χ1n) is 10.5. The number of carbonyl (C=O) groups is 2. The van der Waals surface area contributed by atoms with Crippen LogP contribution in [0.2, 0.25) is 0 Å². The summed E-state index contributed by atoms with van der Waals surface area (Å²) in [6.45, 7) is 7.89. The zero-order valence-corrected chi connectivity index (χ0v) is 18.6. The van der Waals surface area contributed by atoms with Crippen molar-refractivity contribution >= 4 is 17.8 Å². The Morgan fingerprint density at radius 3 is 2.53 bits per heavy atom. The number of hydrogen-bond donors (Lipinski definition) is 3. The summed E-state index contributed by atoms with van der Waals surface area (Å²) in [5, 5.41) is 15.6. The van der Waals surface area contributed by atoms with E-state index in [0.29, 0.717) is 17.3 Å². The van der Waals surface area contributed by atoms with Crippen molar-refractivity contribution in [2.24, 2.45) is 11.8 Å². The summed E-state index contributed by atoms with van der Waals surface area (Å²) >= 11 is 0. The van der Waals surface area contributed by atoms with Crippen LogP contribution in [0.25, 0.3) is 0 Å². The molecular formula is C22H35N3O5. The number of pyridine rings is 1. The van der Waals surface area contributed by atoms with Crippen molar-refractivity contribution in [1.29, 1.82) is 0 Å². The average molecular weight is 422 g/mol. The van der Waals surface area contributed by atoms with Gasteiger partial charge < -0.3 is 25.2 Å². The topological polar surface area (TPSA) is 110 Å². The van der Waals surface area contributed by atoms with Crippen LogP contribution < -0.4 is 10.6 Å². The number of nitrogens with zero attached hydrogens (tertiary/aromatic N) is 1. The molecule has 0 saturated heterocycles. The Labute approximate surface area is 178 Å². The average Bonchev–Trinajstić information content (AvgIpc) is 2.66. The first-order valence-corrected chi connectivity index (χ1v) is 10.5. The summed E-state index contributed by atoms with van der Waals surface area (Å²) in [7, 11) is 1.50. The molecule has 2 rings (SSSR count). The van der Waals surface area contributed by atoms with E-state index < -0.39 is 29.7 Å². The molecule has 30 heavy (non-hydrogen) atoms. The Morgan fingerprint density at radius 2 is 1.93 bits per heavy atom. The summed E-state index contributed by atoms with van der Waals surface area (Å²) in [6.07, 6.45) is 2.80. The molecule has 8 nitrogen and oxygen atoms in total. The number of methoxy groups -OCH3 is 1. The molecular weight excluding hydrogens is 386 g/mol. The van der Waals surface area contributed by atoms with Crippen LogP contribution in [0.4, 0.5) is 10.6 Å². The summed E-state index contributed by atoms with van der Waals surface area (Å²) in [6, 6.07) is 3.25. The second-order valence-electron chi connectivity index (χ2n) is 9.16. The third kappa shape index (κ3) is 7.57. The second kappa shape index (κ2) is 10.7. The highest BCUT2D eigenvalue weighted by atomic mass is 16.6. The van der Waals surface area contributed by atoms with E-state index in [1.165, 1.54) is 13.3 Å². The lowest BCUT2D eigenvalue weighted by molar-refractivity contribution is -0.128. The number of carbonyl (C=O) groups excluding carboxylic acids is 2. The van der Waals surface area contributed by atoms with Crippen molar-refractivity contribution in [2.45, 2.75) is 71.1 Å². The molecule has 1 aromatic rings. The van der Waals surface area contributed by atoms with Gasteiger partial charge in [0.15, 0.2) is 6.10 Å². The van der Waals surface area contributed by atoms with E-state index in [2.05, 4.69) is 22.5 Å². The number of aromatic nitrogens is 1. The number of aliphatic hydroxyl groups excluding tert-OH is 1. The molecule has 0 spiro atoms. The molecule has 2 unspecified atom stereocenters. The predicted octanol–water partition coefficient (Wildman–Crippen LogP) is 3.42. The molecule has 0 bridgehead atoms. The SMILES string of the molecule is COCC(O)c1ccnc(NC(=O)C(OC(=O)NC(C)(C)C)C2CCC(C)CC2)c1. The number of amides is 2. The predicted molar refractivity (Wildman–Crippen MR) is 114 cm³/mol. The van der Waals surface area contributed by atoms with E-state index in [1.807, 2.05) is 20.8 Å². The fourth-order valence-corrected chi connectivity index (χ4v) is 3.58. The summed E-state index contributed by atoms with van der Waals surface area (Å²) in [5.41, 5.74) is 0.114. The lowest BCUT2D eigenvalue weighted by Gasteiger charge is -2.32. The van der Waals surface area contributed by atoms with Gasteiger partial charge in [-0.25, -0.2) is 9.78 Å². The number of ether oxygens (including phenoxy) is 2. The lowest BCUT2D eigenvalue weighted by Crippen LogP contribution is -2.47. The summed E-state index contributed by atoms with van der Waals surface area (Å²) in [4.78, 5) is 29.6. The van der Waals surface area contributed by atoms with Crippen molar-refractivity contribution in [3.05, 3.63) is 23.9 Å². The maximum Gasteiger partial charge on any atom is 0.408 e. The number of nitrogens with one attached hydrogen (secondary N) is 2. The molecule has 0 aliphatic heterocycles. The van der Waals surface area contributed by atoms with Gasteiger partial charge in [0, 0.05) is 24.8 Å². The molecule has 1 saturated carbocycles. The quantitative estimate of drug-likeness (QED) is 0.622. The Balaban J connectivity index is 2.13. The smallest absolute Gasteiger partial charge is 0.408 e. The van der Waals surface area contributed by atoms with E-state index in [9.17, 15) is 14.7 Å². The Hall–Kier alpha value is -2.19. The zero-order chi connectivity index (χ0) is 22.3. The molecule has 168 valence electrons. The van der Waals surface area contributed by atoms with Crippen LogP contribution in [0.3, 0.4) is 0 Å². The van der Waals surface area contributed by atoms with Crippen LogP contribution in [-0.2, 0) is 14.3 Å². The van der Waals surface area contributed by atoms with E-state index in [4.69, 9.17) is 9.47 Å². The van der Waals surface area contributed by atoms with E-state index in [-0.39, 0.29) is 12.5 Å². The Morgan fingerprint density at radius 1 is 1.27 bits per heavy atom. The number of rotatable bonds is 7. The van der Waals surface area contributed by atoms with Crippen LogP contribution in [0.5, 0.6) is 0 Å². The minimum absolute atomic E-state index is 0.0471. The maximum atomic E-state index is 13.1. The van der Waals surface area contributed by atoms with Crippen molar-refractivity contribution in [3.63, 3.8) is 0 Å². The summed E-state index contributed by atoms with van der Waals surface area (Å²) in [5.74, 6) is 0.439. The zero-order valence-electron chi connectivity index (χ0n) is 18.6.